The summed E-state index contributed by atoms with van der Waals surface area (Å²) in [7, 11) is 0. The topological polar surface area (TPSA) is 58.5 Å². The predicted octanol–water partition coefficient (Wildman–Crippen LogP) is 2.25. The van der Waals surface area contributed by atoms with E-state index in [2.05, 4.69) is 15.0 Å². The molecule has 0 bridgehead atoms. The minimum Gasteiger partial charge on any atom is -0.368 e. The molecule has 1 aliphatic rings. The molecule has 0 unspecified atom stereocenters. The third-order valence-corrected chi connectivity index (χ3v) is 4.12. The Labute approximate surface area is 133 Å². The molecule has 0 saturated carbocycles. The summed E-state index contributed by atoms with van der Waals surface area (Å²) in [5, 5.41) is 4.47. The summed E-state index contributed by atoms with van der Waals surface area (Å²) in [6, 6.07) is 6.42. The molecule has 1 aliphatic heterocycles. The summed E-state index contributed by atoms with van der Waals surface area (Å²) in [5.41, 5.74) is 7.29. The van der Waals surface area contributed by atoms with Gasteiger partial charge < -0.3 is 15.2 Å². The van der Waals surface area contributed by atoms with E-state index in [1.54, 1.807) is 6.07 Å². The number of nitrogens with zero attached hydrogens (tertiary/aromatic N) is 3. The molecule has 22 heavy (non-hydrogen) atoms. The standard InChI is InChI=1S/C15H18ClFN4O/c16-14-7-11(17)1-2-15(14)21-5-3-20(4-6-21)10-12-8-13(9-18)22-19-12/h1-2,7-8H,3-6,9-10,18H2. The van der Waals surface area contributed by atoms with Gasteiger partial charge in [-0.1, -0.05) is 16.8 Å². The smallest absolute Gasteiger partial charge is 0.150 e. The van der Waals surface area contributed by atoms with Crippen LogP contribution in [0.3, 0.4) is 0 Å². The van der Waals surface area contributed by atoms with Crippen LogP contribution >= 0.6 is 11.6 Å². The minimum atomic E-state index is -0.311. The predicted molar refractivity (Wildman–Crippen MR) is 83.3 cm³/mol. The summed E-state index contributed by atoms with van der Waals surface area (Å²) in [5.74, 6) is 0.390. The van der Waals surface area contributed by atoms with Gasteiger partial charge in [0.2, 0.25) is 0 Å². The third kappa shape index (κ3) is 3.40. The Balaban J connectivity index is 1.58. The highest BCUT2D eigenvalue weighted by Gasteiger charge is 2.20. The van der Waals surface area contributed by atoms with Gasteiger partial charge in [0.1, 0.15) is 5.82 Å². The number of aromatic nitrogens is 1. The van der Waals surface area contributed by atoms with Gasteiger partial charge in [-0.15, -0.1) is 0 Å². The van der Waals surface area contributed by atoms with Crippen molar-refractivity contribution in [3.8, 4) is 0 Å². The van der Waals surface area contributed by atoms with Gasteiger partial charge in [-0.25, -0.2) is 4.39 Å². The molecule has 0 spiro atoms. The number of halogens is 2. The van der Waals surface area contributed by atoms with Crippen LogP contribution in [-0.4, -0.2) is 36.2 Å². The molecule has 2 heterocycles. The van der Waals surface area contributed by atoms with Crippen molar-refractivity contribution in [3.05, 3.63) is 46.6 Å². The Bertz CT molecular complexity index is 640. The molecule has 5 nitrogen and oxygen atoms in total. The molecule has 1 aromatic carbocycles. The lowest BCUT2D eigenvalue weighted by Gasteiger charge is -2.36. The second kappa shape index (κ2) is 6.64. The highest BCUT2D eigenvalue weighted by molar-refractivity contribution is 6.33. The monoisotopic (exact) mass is 324 g/mol. The summed E-state index contributed by atoms with van der Waals surface area (Å²) >= 11 is 6.12. The van der Waals surface area contributed by atoms with Crippen molar-refractivity contribution >= 4 is 17.3 Å². The van der Waals surface area contributed by atoms with Gasteiger partial charge >= 0.3 is 0 Å². The second-order valence-corrected chi connectivity index (χ2v) is 5.75. The summed E-state index contributed by atoms with van der Waals surface area (Å²) < 4.78 is 18.2. The Hall–Kier alpha value is -1.63. The highest BCUT2D eigenvalue weighted by Crippen LogP contribution is 2.27. The average molecular weight is 325 g/mol. The first-order valence-corrected chi connectivity index (χ1v) is 7.60. The molecule has 3 rings (SSSR count). The lowest BCUT2D eigenvalue weighted by Crippen LogP contribution is -2.46. The number of nitrogens with two attached hydrogens (primary N) is 1. The van der Waals surface area contributed by atoms with Crippen LogP contribution in [0.1, 0.15) is 11.5 Å². The van der Waals surface area contributed by atoms with Crippen molar-refractivity contribution < 1.29 is 8.91 Å². The van der Waals surface area contributed by atoms with E-state index >= 15 is 0 Å². The molecular formula is C15H18ClFN4O. The van der Waals surface area contributed by atoms with Crippen LogP contribution in [0, 0.1) is 5.82 Å². The van der Waals surface area contributed by atoms with Crippen molar-refractivity contribution in [2.24, 2.45) is 5.73 Å². The zero-order valence-electron chi connectivity index (χ0n) is 12.1. The van der Waals surface area contributed by atoms with Crippen LogP contribution in [0.15, 0.2) is 28.8 Å². The Kier molecular flexibility index (Phi) is 4.61. The quantitative estimate of drug-likeness (QED) is 0.934. The first kappa shape index (κ1) is 15.3. The molecule has 1 fully saturated rings. The number of piperazine rings is 1. The molecule has 1 aromatic heterocycles. The van der Waals surface area contributed by atoms with Gasteiger partial charge in [0.05, 0.1) is 22.9 Å². The SMILES string of the molecule is NCc1cc(CN2CCN(c3ccc(F)cc3Cl)CC2)no1. The number of anilines is 1. The zero-order chi connectivity index (χ0) is 15.5. The number of hydrogen-bond acceptors (Lipinski definition) is 5. The number of hydrogen-bond donors (Lipinski definition) is 1. The Morgan fingerprint density at radius 2 is 2.00 bits per heavy atom. The Morgan fingerprint density at radius 3 is 2.64 bits per heavy atom. The average Bonchev–Trinajstić information content (AvgIpc) is 2.96. The van der Waals surface area contributed by atoms with Crippen molar-refractivity contribution in [2.75, 3.05) is 31.1 Å². The summed E-state index contributed by atoms with van der Waals surface area (Å²) in [4.78, 5) is 4.47. The van der Waals surface area contributed by atoms with Crippen LogP contribution in [-0.2, 0) is 13.1 Å². The number of rotatable bonds is 4. The Morgan fingerprint density at radius 1 is 1.23 bits per heavy atom. The van der Waals surface area contributed by atoms with E-state index in [4.69, 9.17) is 21.9 Å². The molecule has 0 aliphatic carbocycles. The van der Waals surface area contributed by atoms with Crippen molar-refractivity contribution in [2.45, 2.75) is 13.1 Å². The van der Waals surface area contributed by atoms with Gasteiger partial charge in [0.15, 0.2) is 5.76 Å². The lowest BCUT2D eigenvalue weighted by molar-refractivity contribution is 0.241. The van der Waals surface area contributed by atoms with Crippen LogP contribution in [0.5, 0.6) is 0 Å². The van der Waals surface area contributed by atoms with Gasteiger partial charge in [-0.2, -0.15) is 0 Å². The molecule has 1 saturated heterocycles. The third-order valence-electron chi connectivity index (χ3n) is 3.82. The largest absolute Gasteiger partial charge is 0.368 e. The first-order valence-electron chi connectivity index (χ1n) is 7.22. The maximum absolute atomic E-state index is 13.1. The van der Waals surface area contributed by atoms with E-state index < -0.39 is 0 Å². The second-order valence-electron chi connectivity index (χ2n) is 5.35. The van der Waals surface area contributed by atoms with E-state index in [-0.39, 0.29) is 5.82 Å². The minimum absolute atomic E-state index is 0.311. The molecular weight excluding hydrogens is 307 g/mol. The van der Waals surface area contributed by atoms with Gasteiger partial charge in [0, 0.05) is 38.8 Å². The normalized spacial score (nSPS) is 16.2. The highest BCUT2D eigenvalue weighted by atomic mass is 35.5. The fourth-order valence-electron chi connectivity index (χ4n) is 2.64. The molecule has 2 N–H and O–H groups in total. The van der Waals surface area contributed by atoms with Crippen LogP contribution in [0.2, 0.25) is 5.02 Å². The van der Waals surface area contributed by atoms with Crippen molar-refractivity contribution in [1.29, 1.82) is 0 Å². The first-order chi connectivity index (χ1) is 10.7. The maximum Gasteiger partial charge on any atom is 0.150 e. The van der Waals surface area contributed by atoms with Crippen LogP contribution < -0.4 is 10.6 Å². The van der Waals surface area contributed by atoms with E-state index in [0.29, 0.717) is 17.3 Å². The van der Waals surface area contributed by atoms with E-state index in [0.717, 1.165) is 44.1 Å². The molecule has 0 radical (unpaired) electrons. The van der Waals surface area contributed by atoms with Crippen LogP contribution in [0.25, 0.3) is 0 Å². The fourth-order valence-corrected chi connectivity index (χ4v) is 2.93. The summed E-state index contributed by atoms with van der Waals surface area (Å²) in [6.07, 6.45) is 0. The van der Waals surface area contributed by atoms with E-state index in [9.17, 15) is 4.39 Å². The molecule has 0 atom stereocenters. The summed E-state index contributed by atoms with van der Waals surface area (Å²) in [6.45, 7) is 4.56. The van der Waals surface area contributed by atoms with Crippen molar-refractivity contribution in [3.63, 3.8) is 0 Å². The molecule has 0 amide bonds. The molecule has 7 heteroatoms. The maximum atomic E-state index is 13.1. The van der Waals surface area contributed by atoms with Gasteiger partial charge in [-0.05, 0) is 18.2 Å². The zero-order valence-corrected chi connectivity index (χ0v) is 12.9. The van der Waals surface area contributed by atoms with E-state index in [1.807, 2.05) is 6.07 Å². The van der Waals surface area contributed by atoms with Crippen LogP contribution in [0.4, 0.5) is 10.1 Å². The lowest BCUT2D eigenvalue weighted by atomic mass is 10.2. The number of benzene rings is 1. The van der Waals surface area contributed by atoms with E-state index in [1.165, 1.54) is 12.1 Å². The fraction of sp³-hybridized carbons (Fsp3) is 0.400. The van der Waals surface area contributed by atoms with Gasteiger partial charge in [0.25, 0.3) is 0 Å². The van der Waals surface area contributed by atoms with Crippen molar-refractivity contribution in [1.82, 2.24) is 10.1 Å². The molecule has 2 aromatic rings. The molecule has 118 valence electrons. The van der Waals surface area contributed by atoms with Gasteiger partial charge in [-0.3, -0.25) is 4.90 Å².